The molecule has 0 aliphatic rings. The molecule has 1 aromatic carbocycles. The number of rotatable bonds is 7. The molecule has 0 radical (unpaired) electrons. The molecule has 26 heavy (non-hydrogen) atoms. The molecule has 0 bridgehead atoms. The Hall–Kier alpha value is -2.28. The molecule has 0 aliphatic carbocycles. The van der Waals surface area contributed by atoms with E-state index in [4.69, 9.17) is 16.3 Å². The number of carbonyl (C=O) groups excluding carboxylic acids is 3. The zero-order valence-corrected chi connectivity index (χ0v) is 16.3. The molecule has 0 saturated carbocycles. The Morgan fingerprint density at radius 3 is 2.35 bits per heavy atom. The summed E-state index contributed by atoms with van der Waals surface area (Å²) in [6.45, 7) is 7.12. The van der Waals surface area contributed by atoms with Gasteiger partial charge in [-0.1, -0.05) is 11.6 Å². The fourth-order valence-electron chi connectivity index (χ4n) is 1.92. The van der Waals surface area contributed by atoms with Gasteiger partial charge in [0.15, 0.2) is 0 Å². The van der Waals surface area contributed by atoms with Crippen LogP contribution in [-0.4, -0.2) is 36.1 Å². The fourth-order valence-corrected chi connectivity index (χ4v) is 2.05. The van der Waals surface area contributed by atoms with E-state index in [2.05, 4.69) is 16.0 Å². The van der Waals surface area contributed by atoms with Gasteiger partial charge in [0.05, 0.1) is 0 Å². The fraction of sp³-hybridized carbons (Fsp3) is 0.500. The molecule has 7 nitrogen and oxygen atoms in total. The minimum atomic E-state index is -0.729. The molecule has 0 saturated heterocycles. The number of carbonyl (C=O) groups is 3. The molecular formula is C18H26ClN3O4. The van der Waals surface area contributed by atoms with Gasteiger partial charge in [-0.15, -0.1) is 0 Å². The van der Waals surface area contributed by atoms with E-state index in [0.717, 1.165) is 0 Å². The summed E-state index contributed by atoms with van der Waals surface area (Å²) in [6.07, 6.45) is 0.0867. The summed E-state index contributed by atoms with van der Waals surface area (Å²) in [7, 11) is 0. The predicted molar refractivity (Wildman–Crippen MR) is 101 cm³/mol. The number of ether oxygens (including phenoxy) is 1. The van der Waals surface area contributed by atoms with Crippen molar-refractivity contribution < 1.29 is 19.1 Å². The molecule has 1 aromatic rings. The van der Waals surface area contributed by atoms with E-state index in [1.807, 2.05) is 0 Å². The highest BCUT2D eigenvalue weighted by atomic mass is 35.5. The molecule has 1 rings (SSSR count). The van der Waals surface area contributed by atoms with Crippen molar-refractivity contribution in [1.82, 2.24) is 10.6 Å². The SMILES string of the molecule is C[C@@H](NC(=O)OC(C)(C)C)C(=O)NCCCC(=O)Nc1ccc(Cl)cc1. The first-order valence-electron chi connectivity index (χ1n) is 8.39. The Labute approximate surface area is 158 Å². The van der Waals surface area contributed by atoms with Crippen LogP contribution in [0.3, 0.4) is 0 Å². The Bertz CT molecular complexity index is 626. The van der Waals surface area contributed by atoms with Crippen LogP contribution in [0.25, 0.3) is 0 Å². The Balaban J connectivity index is 2.23. The van der Waals surface area contributed by atoms with Gasteiger partial charge in [-0.05, 0) is 58.4 Å². The topological polar surface area (TPSA) is 96.5 Å². The second-order valence-electron chi connectivity index (χ2n) is 6.82. The maximum atomic E-state index is 11.9. The maximum Gasteiger partial charge on any atom is 0.408 e. The number of halogens is 1. The lowest BCUT2D eigenvalue weighted by Gasteiger charge is -2.21. The zero-order valence-electron chi connectivity index (χ0n) is 15.5. The Morgan fingerprint density at radius 1 is 1.15 bits per heavy atom. The van der Waals surface area contributed by atoms with Crippen LogP contribution in [0.1, 0.15) is 40.5 Å². The van der Waals surface area contributed by atoms with Crippen LogP contribution >= 0.6 is 11.6 Å². The van der Waals surface area contributed by atoms with Crippen molar-refractivity contribution in [2.75, 3.05) is 11.9 Å². The lowest BCUT2D eigenvalue weighted by Crippen LogP contribution is -2.46. The van der Waals surface area contributed by atoms with E-state index in [1.165, 1.54) is 0 Å². The van der Waals surface area contributed by atoms with Crippen molar-refractivity contribution >= 4 is 35.2 Å². The summed E-state index contributed by atoms with van der Waals surface area (Å²) in [4.78, 5) is 35.4. The normalized spacial score (nSPS) is 12.0. The van der Waals surface area contributed by atoms with Crippen LogP contribution < -0.4 is 16.0 Å². The van der Waals surface area contributed by atoms with Crippen molar-refractivity contribution in [2.24, 2.45) is 0 Å². The van der Waals surface area contributed by atoms with E-state index >= 15 is 0 Å². The first-order valence-corrected chi connectivity index (χ1v) is 8.77. The predicted octanol–water partition coefficient (Wildman–Crippen LogP) is 3.09. The first-order chi connectivity index (χ1) is 12.1. The highest BCUT2D eigenvalue weighted by molar-refractivity contribution is 6.30. The van der Waals surface area contributed by atoms with Crippen LogP contribution in [0.5, 0.6) is 0 Å². The van der Waals surface area contributed by atoms with Gasteiger partial charge in [-0.2, -0.15) is 0 Å². The first kappa shape index (κ1) is 21.8. The van der Waals surface area contributed by atoms with Crippen molar-refractivity contribution in [1.29, 1.82) is 0 Å². The van der Waals surface area contributed by atoms with E-state index < -0.39 is 17.7 Å². The number of amides is 3. The monoisotopic (exact) mass is 383 g/mol. The molecule has 3 N–H and O–H groups in total. The average Bonchev–Trinajstić information content (AvgIpc) is 2.51. The molecule has 8 heteroatoms. The van der Waals surface area contributed by atoms with Crippen molar-refractivity contribution in [3.05, 3.63) is 29.3 Å². The quantitative estimate of drug-likeness (QED) is 0.630. The Kier molecular flexibility index (Phi) is 8.38. The van der Waals surface area contributed by atoms with Gasteiger partial charge in [0.2, 0.25) is 11.8 Å². The minimum Gasteiger partial charge on any atom is -0.444 e. The van der Waals surface area contributed by atoms with Gasteiger partial charge >= 0.3 is 6.09 Å². The van der Waals surface area contributed by atoms with E-state index in [1.54, 1.807) is 52.0 Å². The van der Waals surface area contributed by atoms with Crippen molar-refractivity contribution in [3.8, 4) is 0 Å². The van der Waals surface area contributed by atoms with Crippen LogP contribution in [0, 0.1) is 0 Å². The summed E-state index contributed by atoms with van der Waals surface area (Å²) in [6, 6.07) is 6.08. The highest BCUT2D eigenvalue weighted by Gasteiger charge is 2.20. The highest BCUT2D eigenvalue weighted by Crippen LogP contribution is 2.13. The largest absolute Gasteiger partial charge is 0.444 e. The van der Waals surface area contributed by atoms with Gasteiger partial charge in [-0.3, -0.25) is 9.59 Å². The summed E-state index contributed by atoms with van der Waals surface area (Å²) < 4.78 is 5.09. The van der Waals surface area contributed by atoms with Crippen molar-refractivity contribution in [2.45, 2.75) is 52.2 Å². The molecule has 0 spiro atoms. The van der Waals surface area contributed by atoms with E-state index in [0.29, 0.717) is 23.7 Å². The van der Waals surface area contributed by atoms with Gasteiger partial charge in [0.1, 0.15) is 11.6 Å². The summed E-state index contributed by atoms with van der Waals surface area (Å²) >= 11 is 5.78. The molecule has 0 heterocycles. The number of hydrogen-bond donors (Lipinski definition) is 3. The lowest BCUT2D eigenvalue weighted by molar-refractivity contribution is -0.123. The number of alkyl carbamates (subject to hydrolysis) is 1. The summed E-state index contributed by atoms with van der Waals surface area (Å²) in [5.74, 6) is -0.490. The third kappa shape index (κ3) is 9.27. The molecule has 0 aliphatic heterocycles. The zero-order chi connectivity index (χ0) is 19.7. The standard InChI is InChI=1S/C18H26ClN3O4/c1-12(21-17(25)26-18(2,3)4)16(24)20-11-5-6-15(23)22-14-9-7-13(19)8-10-14/h7-10,12H,5-6,11H2,1-4H3,(H,20,24)(H,21,25)(H,22,23)/t12-/m1/s1. The van der Waals surface area contributed by atoms with E-state index in [-0.39, 0.29) is 18.2 Å². The second kappa shape index (κ2) is 10.0. The lowest BCUT2D eigenvalue weighted by atomic mass is 10.2. The van der Waals surface area contributed by atoms with Crippen molar-refractivity contribution in [3.63, 3.8) is 0 Å². The average molecular weight is 384 g/mol. The smallest absolute Gasteiger partial charge is 0.408 e. The van der Waals surface area contributed by atoms with Gasteiger partial charge in [0.25, 0.3) is 0 Å². The summed E-state index contributed by atoms with van der Waals surface area (Å²) in [5.41, 5.74) is 0.0381. The molecule has 3 amide bonds. The number of benzene rings is 1. The number of anilines is 1. The van der Waals surface area contributed by atoms with Crippen LogP contribution in [0.2, 0.25) is 5.02 Å². The number of nitrogens with one attached hydrogen (secondary N) is 3. The van der Waals surface area contributed by atoms with Crippen LogP contribution in [0.4, 0.5) is 10.5 Å². The third-order valence-electron chi connectivity index (χ3n) is 3.13. The molecule has 0 fully saturated rings. The molecule has 1 atom stereocenters. The summed E-state index contributed by atoms with van der Waals surface area (Å²) in [5, 5.41) is 8.47. The Morgan fingerprint density at radius 2 is 1.77 bits per heavy atom. The third-order valence-corrected chi connectivity index (χ3v) is 3.39. The molecule has 0 aromatic heterocycles. The van der Waals surface area contributed by atoms with E-state index in [9.17, 15) is 14.4 Å². The van der Waals surface area contributed by atoms with Gasteiger partial charge in [-0.25, -0.2) is 4.79 Å². The second-order valence-corrected chi connectivity index (χ2v) is 7.25. The maximum absolute atomic E-state index is 11.9. The molecule has 0 unspecified atom stereocenters. The number of hydrogen-bond acceptors (Lipinski definition) is 4. The van der Waals surface area contributed by atoms with Gasteiger partial charge < -0.3 is 20.7 Å². The van der Waals surface area contributed by atoms with Gasteiger partial charge in [0, 0.05) is 23.7 Å². The molecule has 144 valence electrons. The molecular weight excluding hydrogens is 358 g/mol. The van der Waals surface area contributed by atoms with Crippen LogP contribution in [0.15, 0.2) is 24.3 Å². The minimum absolute atomic E-state index is 0.151. The van der Waals surface area contributed by atoms with Crippen LogP contribution in [-0.2, 0) is 14.3 Å².